The van der Waals surface area contributed by atoms with Gasteiger partial charge in [0.15, 0.2) is 0 Å². The van der Waals surface area contributed by atoms with Crippen LogP contribution in [0.2, 0.25) is 0 Å². The van der Waals surface area contributed by atoms with Gasteiger partial charge < -0.3 is 15.5 Å². The standard InChI is InChI=1S/C19H27NO2/c21-12-5-1-4-11-20-19(10-13-22)15-16-8-9-17-6-2-3-7-18(17)14-16/h2-3,6-9,14,19-22H,1,4-5,10-13,15H2. The van der Waals surface area contributed by atoms with E-state index >= 15 is 0 Å². The summed E-state index contributed by atoms with van der Waals surface area (Å²) >= 11 is 0. The molecular formula is C19H27NO2. The van der Waals surface area contributed by atoms with Crippen molar-refractivity contribution >= 4 is 10.8 Å². The molecule has 0 aliphatic heterocycles. The second-order valence-electron chi connectivity index (χ2n) is 5.83. The van der Waals surface area contributed by atoms with Crippen LogP contribution in [-0.4, -0.2) is 36.0 Å². The summed E-state index contributed by atoms with van der Waals surface area (Å²) in [4.78, 5) is 0. The first kappa shape index (κ1) is 16.9. The maximum atomic E-state index is 9.25. The normalized spacial score (nSPS) is 12.6. The number of unbranched alkanes of at least 4 members (excludes halogenated alkanes) is 2. The first-order chi connectivity index (χ1) is 10.8. The molecule has 1 unspecified atom stereocenters. The molecule has 0 saturated carbocycles. The Morgan fingerprint density at radius 2 is 1.68 bits per heavy atom. The number of rotatable bonds is 10. The Bertz CT molecular complexity index is 556. The third-order valence-electron chi connectivity index (χ3n) is 4.04. The minimum atomic E-state index is 0.210. The van der Waals surface area contributed by atoms with E-state index in [-0.39, 0.29) is 13.2 Å². The van der Waals surface area contributed by atoms with Crippen LogP contribution in [-0.2, 0) is 6.42 Å². The fourth-order valence-electron chi connectivity index (χ4n) is 2.80. The Balaban J connectivity index is 1.90. The summed E-state index contributed by atoms with van der Waals surface area (Å²) in [5, 5.41) is 24.1. The van der Waals surface area contributed by atoms with Crippen LogP contribution in [0.3, 0.4) is 0 Å². The average molecular weight is 301 g/mol. The van der Waals surface area contributed by atoms with Crippen LogP contribution in [0.15, 0.2) is 42.5 Å². The van der Waals surface area contributed by atoms with Crippen molar-refractivity contribution in [3.8, 4) is 0 Å². The summed E-state index contributed by atoms with van der Waals surface area (Å²) in [7, 11) is 0. The molecule has 0 fully saturated rings. The molecular weight excluding hydrogens is 274 g/mol. The Kier molecular flexibility index (Phi) is 7.37. The molecule has 3 N–H and O–H groups in total. The third kappa shape index (κ3) is 5.41. The highest BCUT2D eigenvalue weighted by molar-refractivity contribution is 5.82. The molecule has 0 aliphatic carbocycles. The zero-order valence-electron chi connectivity index (χ0n) is 13.2. The molecule has 3 heteroatoms. The van der Waals surface area contributed by atoms with Crippen molar-refractivity contribution in [1.82, 2.24) is 5.32 Å². The van der Waals surface area contributed by atoms with E-state index in [1.807, 2.05) is 0 Å². The predicted octanol–water partition coefficient (Wildman–Crippen LogP) is 2.89. The molecule has 2 aromatic carbocycles. The van der Waals surface area contributed by atoms with Crippen molar-refractivity contribution in [2.24, 2.45) is 0 Å². The van der Waals surface area contributed by atoms with Gasteiger partial charge in [0.1, 0.15) is 0 Å². The minimum absolute atomic E-state index is 0.210. The van der Waals surface area contributed by atoms with Gasteiger partial charge in [-0.05, 0) is 55.0 Å². The summed E-state index contributed by atoms with van der Waals surface area (Å²) in [6.45, 7) is 1.43. The van der Waals surface area contributed by atoms with Gasteiger partial charge in [-0.25, -0.2) is 0 Å². The van der Waals surface area contributed by atoms with Gasteiger partial charge in [-0.3, -0.25) is 0 Å². The van der Waals surface area contributed by atoms with E-state index in [4.69, 9.17) is 5.11 Å². The summed E-state index contributed by atoms with van der Waals surface area (Å²) in [5.74, 6) is 0. The number of fused-ring (bicyclic) bond motifs is 1. The Morgan fingerprint density at radius 1 is 0.864 bits per heavy atom. The van der Waals surface area contributed by atoms with Crippen LogP contribution in [0.25, 0.3) is 10.8 Å². The second kappa shape index (κ2) is 9.57. The molecule has 0 amide bonds. The van der Waals surface area contributed by atoms with E-state index in [2.05, 4.69) is 47.8 Å². The maximum absolute atomic E-state index is 9.25. The first-order valence-electron chi connectivity index (χ1n) is 8.26. The lowest BCUT2D eigenvalue weighted by Crippen LogP contribution is -2.33. The molecule has 0 aromatic heterocycles. The van der Waals surface area contributed by atoms with E-state index in [0.29, 0.717) is 6.04 Å². The fraction of sp³-hybridized carbons (Fsp3) is 0.474. The smallest absolute Gasteiger partial charge is 0.0445 e. The topological polar surface area (TPSA) is 52.5 Å². The van der Waals surface area contributed by atoms with Crippen molar-refractivity contribution in [3.63, 3.8) is 0 Å². The molecule has 2 aromatic rings. The number of benzene rings is 2. The monoisotopic (exact) mass is 301 g/mol. The van der Waals surface area contributed by atoms with Gasteiger partial charge >= 0.3 is 0 Å². The van der Waals surface area contributed by atoms with Gasteiger partial charge in [0.05, 0.1) is 0 Å². The van der Waals surface area contributed by atoms with Crippen molar-refractivity contribution < 1.29 is 10.2 Å². The van der Waals surface area contributed by atoms with Crippen LogP contribution in [0.5, 0.6) is 0 Å². The van der Waals surface area contributed by atoms with Crippen molar-refractivity contribution in [3.05, 3.63) is 48.0 Å². The van der Waals surface area contributed by atoms with Crippen LogP contribution < -0.4 is 5.32 Å². The minimum Gasteiger partial charge on any atom is -0.396 e. The molecule has 0 saturated heterocycles. The van der Waals surface area contributed by atoms with Gasteiger partial charge in [0, 0.05) is 19.3 Å². The van der Waals surface area contributed by atoms with E-state index in [1.165, 1.54) is 16.3 Å². The van der Waals surface area contributed by atoms with Crippen LogP contribution >= 0.6 is 0 Å². The van der Waals surface area contributed by atoms with Crippen molar-refractivity contribution in [2.75, 3.05) is 19.8 Å². The molecule has 2 rings (SSSR count). The van der Waals surface area contributed by atoms with Gasteiger partial charge in [-0.1, -0.05) is 42.5 Å². The van der Waals surface area contributed by atoms with E-state index in [0.717, 1.165) is 38.6 Å². The third-order valence-corrected chi connectivity index (χ3v) is 4.04. The first-order valence-corrected chi connectivity index (χ1v) is 8.26. The van der Waals surface area contributed by atoms with Gasteiger partial charge in [-0.15, -0.1) is 0 Å². The summed E-state index contributed by atoms with van der Waals surface area (Å²) in [6, 6.07) is 15.3. The molecule has 22 heavy (non-hydrogen) atoms. The van der Waals surface area contributed by atoms with Crippen LogP contribution in [0.4, 0.5) is 0 Å². The highest BCUT2D eigenvalue weighted by Crippen LogP contribution is 2.17. The van der Waals surface area contributed by atoms with E-state index in [9.17, 15) is 5.11 Å². The maximum Gasteiger partial charge on any atom is 0.0445 e. The van der Waals surface area contributed by atoms with Crippen LogP contribution in [0, 0.1) is 0 Å². The molecule has 1 atom stereocenters. The Morgan fingerprint density at radius 3 is 2.45 bits per heavy atom. The molecule has 0 spiro atoms. The number of nitrogens with one attached hydrogen (secondary N) is 1. The highest BCUT2D eigenvalue weighted by atomic mass is 16.3. The van der Waals surface area contributed by atoms with Gasteiger partial charge in [-0.2, -0.15) is 0 Å². The lowest BCUT2D eigenvalue weighted by atomic mass is 10.00. The predicted molar refractivity (Wildman–Crippen MR) is 92.1 cm³/mol. The summed E-state index contributed by atoms with van der Waals surface area (Å²) in [5.41, 5.74) is 1.31. The molecule has 0 heterocycles. The Hall–Kier alpha value is -1.42. The molecule has 3 nitrogen and oxygen atoms in total. The number of hydrogen-bond acceptors (Lipinski definition) is 3. The van der Waals surface area contributed by atoms with Gasteiger partial charge in [0.25, 0.3) is 0 Å². The molecule has 0 bridgehead atoms. The van der Waals surface area contributed by atoms with Crippen molar-refractivity contribution in [2.45, 2.75) is 38.1 Å². The molecule has 0 aliphatic rings. The van der Waals surface area contributed by atoms with Gasteiger partial charge in [0.2, 0.25) is 0 Å². The molecule has 0 radical (unpaired) electrons. The summed E-state index contributed by atoms with van der Waals surface area (Å²) in [6.07, 6.45) is 4.70. The molecule has 120 valence electrons. The second-order valence-corrected chi connectivity index (χ2v) is 5.83. The number of hydrogen-bond donors (Lipinski definition) is 3. The zero-order valence-corrected chi connectivity index (χ0v) is 13.2. The van der Waals surface area contributed by atoms with Crippen LogP contribution in [0.1, 0.15) is 31.2 Å². The largest absolute Gasteiger partial charge is 0.396 e. The number of aliphatic hydroxyl groups is 2. The summed E-state index contributed by atoms with van der Waals surface area (Å²) < 4.78 is 0. The fourth-order valence-corrected chi connectivity index (χ4v) is 2.80. The number of aliphatic hydroxyl groups excluding tert-OH is 2. The lowest BCUT2D eigenvalue weighted by molar-refractivity contribution is 0.262. The SMILES string of the molecule is OCCCCCNC(CCO)Cc1ccc2ccccc2c1. The zero-order chi connectivity index (χ0) is 15.6. The average Bonchev–Trinajstić information content (AvgIpc) is 2.54. The van der Waals surface area contributed by atoms with E-state index in [1.54, 1.807) is 0 Å². The Labute approximate surface area is 133 Å². The lowest BCUT2D eigenvalue weighted by Gasteiger charge is -2.18. The van der Waals surface area contributed by atoms with E-state index < -0.39 is 0 Å². The highest BCUT2D eigenvalue weighted by Gasteiger charge is 2.09. The van der Waals surface area contributed by atoms with Crippen molar-refractivity contribution in [1.29, 1.82) is 0 Å². The quantitative estimate of drug-likeness (QED) is 0.591.